The maximum atomic E-state index is 11.4. The largest absolute Gasteiger partial charge is 0.318 e. The molecule has 1 saturated heterocycles. The molecule has 1 aromatic rings. The van der Waals surface area contributed by atoms with E-state index < -0.39 is 0 Å². The van der Waals surface area contributed by atoms with E-state index in [1.807, 2.05) is 20.2 Å². The summed E-state index contributed by atoms with van der Waals surface area (Å²) in [5.74, 6) is -0.00676. The fourth-order valence-electron chi connectivity index (χ4n) is 1.67. The van der Waals surface area contributed by atoms with Gasteiger partial charge in [0.2, 0.25) is 5.91 Å². The monoisotopic (exact) mass is 194 g/mol. The summed E-state index contributed by atoms with van der Waals surface area (Å²) in [6.45, 7) is 2.63. The fourth-order valence-corrected chi connectivity index (χ4v) is 1.67. The van der Waals surface area contributed by atoms with Crippen molar-refractivity contribution < 1.29 is 4.79 Å². The lowest BCUT2D eigenvalue weighted by molar-refractivity contribution is -0.123. The molecule has 1 amide bonds. The van der Waals surface area contributed by atoms with E-state index in [9.17, 15) is 4.79 Å². The first kappa shape index (κ1) is 9.21. The number of β-lactam (4-membered cyclic amide) rings is 1. The van der Waals surface area contributed by atoms with E-state index in [-0.39, 0.29) is 11.9 Å². The third kappa shape index (κ3) is 1.21. The molecule has 2 rings (SSSR count). The van der Waals surface area contributed by atoms with E-state index in [4.69, 9.17) is 5.73 Å². The number of carbonyl (C=O) groups excluding carboxylic acids is 1. The van der Waals surface area contributed by atoms with Crippen LogP contribution in [0.1, 0.15) is 12.6 Å². The second-order valence-electron chi connectivity index (χ2n) is 3.54. The molecule has 5 heteroatoms. The van der Waals surface area contributed by atoms with Crippen molar-refractivity contribution in [3.63, 3.8) is 0 Å². The molecule has 1 aliphatic heterocycles. The first-order valence-electron chi connectivity index (χ1n) is 4.73. The van der Waals surface area contributed by atoms with Crippen LogP contribution in [0.25, 0.3) is 0 Å². The van der Waals surface area contributed by atoms with Crippen LogP contribution in [0, 0.1) is 0 Å². The molecular weight excluding hydrogens is 180 g/mol. The lowest BCUT2D eigenvalue weighted by Crippen LogP contribution is -2.61. The minimum absolute atomic E-state index is 0.00676. The average Bonchev–Trinajstić information content (AvgIpc) is 2.54. The molecule has 0 saturated carbocycles. The molecular formula is C9H14N4O. The van der Waals surface area contributed by atoms with Gasteiger partial charge in [0.25, 0.3) is 0 Å². The van der Waals surface area contributed by atoms with Crippen molar-refractivity contribution in [3.8, 4) is 0 Å². The summed E-state index contributed by atoms with van der Waals surface area (Å²) in [6, 6.07) is -0.320. The van der Waals surface area contributed by atoms with Gasteiger partial charge in [-0.25, -0.2) is 0 Å². The highest BCUT2D eigenvalue weighted by molar-refractivity contribution is 6.04. The van der Waals surface area contributed by atoms with Gasteiger partial charge in [-0.05, 0) is 6.42 Å². The molecule has 1 fully saturated rings. The number of amides is 1. The zero-order valence-electron chi connectivity index (χ0n) is 8.40. The van der Waals surface area contributed by atoms with Crippen LogP contribution in [0.3, 0.4) is 0 Å². The number of nitrogens with two attached hydrogens (primary N) is 1. The van der Waals surface area contributed by atoms with Crippen LogP contribution in [-0.2, 0) is 18.3 Å². The molecule has 14 heavy (non-hydrogen) atoms. The predicted molar refractivity (Wildman–Crippen MR) is 52.9 cm³/mol. The van der Waals surface area contributed by atoms with Crippen LogP contribution in [0.5, 0.6) is 0 Å². The molecule has 76 valence electrons. The number of carbonyl (C=O) groups is 1. The van der Waals surface area contributed by atoms with Gasteiger partial charge in [0.1, 0.15) is 6.04 Å². The minimum atomic E-state index is -0.320. The van der Waals surface area contributed by atoms with Crippen LogP contribution in [0.4, 0.5) is 5.69 Å². The van der Waals surface area contributed by atoms with E-state index >= 15 is 0 Å². The smallest absolute Gasteiger partial charge is 0.245 e. The lowest BCUT2D eigenvalue weighted by Gasteiger charge is -2.35. The summed E-state index contributed by atoms with van der Waals surface area (Å²) in [6.07, 6.45) is 2.69. The maximum absolute atomic E-state index is 11.4. The maximum Gasteiger partial charge on any atom is 0.245 e. The van der Waals surface area contributed by atoms with Crippen molar-refractivity contribution in [1.29, 1.82) is 0 Å². The van der Waals surface area contributed by atoms with Crippen LogP contribution in [0.2, 0.25) is 0 Å². The second-order valence-corrected chi connectivity index (χ2v) is 3.54. The SMILES string of the molecule is CCc1nn(C)cc1N1CC(N)C1=O. The van der Waals surface area contributed by atoms with E-state index in [0.29, 0.717) is 6.54 Å². The predicted octanol–water partition coefficient (Wildman–Crippen LogP) is -0.344. The van der Waals surface area contributed by atoms with Gasteiger partial charge in [0.15, 0.2) is 0 Å². The summed E-state index contributed by atoms with van der Waals surface area (Å²) in [4.78, 5) is 13.1. The molecule has 1 atom stereocenters. The van der Waals surface area contributed by atoms with E-state index in [1.54, 1.807) is 9.58 Å². The quantitative estimate of drug-likeness (QED) is 0.655. The zero-order valence-corrected chi connectivity index (χ0v) is 8.40. The third-order valence-electron chi connectivity index (χ3n) is 2.47. The Labute approximate surface area is 82.5 Å². The van der Waals surface area contributed by atoms with Gasteiger partial charge < -0.3 is 10.6 Å². The standard InChI is InChI=1S/C9H14N4O/c1-3-7-8(5-12(2)11-7)13-4-6(10)9(13)14/h5-6H,3-4,10H2,1-2H3. The van der Waals surface area contributed by atoms with Crippen molar-refractivity contribution in [2.45, 2.75) is 19.4 Å². The van der Waals surface area contributed by atoms with E-state index in [0.717, 1.165) is 17.8 Å². The number of hydrogen-bond acceptors (Lipinski definition) is 3. The molecule has 0 bridgehead atoms. The summed E-state index contributed by atoms with van der Waals surface area (Å²) in [5.41, 5.74) is 7.39. The topological polar surface area (TPSA) is 64.2 Å². The van der Waals surface area contributed by atoms with Gasteiger partial charge in [0.05, 0.1) is 17.9 Å². The molecule has 5 nitrogen and oxygen atoms in total. The molecule has 0 aliphatic carbocycles. The van der Waals surface area contributed by atoms with Gasteiger partial charge in [-0.3, -0.25) is 9.48 Å². The fraction of sp³-hybridized carbons (Fsp3) is 0.556. The van der Waals surface area contributed by atoms with Gasteiger partial charge in [-0.2, -0.15) is 5.10 Å². The van der Waals surface area contributed by atoms with E-state index in [2.05, 4.69) is 5.10 Å². The first-order valence-corrected chi connectivity index (χ1v) is 4.73. The Kier molecular flexibility index (Phi) is 2.03. The molecule has 2 heterocycles. The number of anilines is 1. The van der Waals surface area contributed by atoms with Crippen molar-refractivity contribution >= 4 is 11.6 Å². The number of aryl methyl sites for hydroxylation is 2. The van der Waals surface area contributed by atoms with Crippen LogP contribution in [0.15, 0.2) is 6.20 Å². The number of nitrogens with zero attached hydrogens (tertiary/aromatic N) is 3. The van der Waals surface area contributed by atoms with Crippen LogP contribution < -0.4 is 10.6 Å². The van der Waals surface area contributed by atoms with Crippen LogP contribution >= 0.6 is 0 Å². The Morgan fingerprint density at radius 1 is 1.71 bits per heavy atom. The molecule has 0 aromatic carbocycles. The summed E-state index contributed by atoms with van der Waals surface area (Å²) >= 11 is 0. The first-order chi connectivity index (χ1) is 6.63. The van der Waals surface area contributed by atoms with Gasteiger partial charge in [-0.1, -0.05) is 6.92 Å². The summed E-state index contributed by atoms with van der Waals surface area (Å²) < 4.78 is 1.73. The van der Waals surface area contributed by atoms with Crippen molar-refractivity contribution in [2.24, 2.45) is 12.8 Å². The Morgan fingerprint density at radius 3 is 2.93 bits per heavy atom. The summed E-state index contributed by atoms with van der Waals surface area (Å²) in [5, 5.41) is 4.27. The highest BCUT2D eigenvalue weighted by Crippen LogP contribution is 2.24. The molecule has 0 radical (unpaired) electrons. The number of hydrogen-bond donors (Lipinski definition) is 1. The highest BCUT2D eigenvalue weighted by Gasteiger charge is 2.36. The molecule has 1 aromatic heterocycles. The Hall–Kier alpha value is -1.36. The number of aromatic nitrogens is 2. The Balaban J connectivity index is 2.28. The molecule has 0 spiro atoms. The third-order valence-corrected chi connectivity index (χ3v) is 2.47. The van der Waals surface area contributed by atoms with Crippen molar-refractivity contribution in [1.82, 2.24) is 9.78 Å². The lowest BCUT2D eigenvalue weighted by atomic mass is 10.1. The summed E-state index contributed by atoms with van der Waals surface area (Å²) in [7, 11) is 1.85. The minimum Gasteiger partial charge on any atom is -0.318 e. The zero-order chi connectivity index (χ0) is 10.3. The molecule has 1 aliphatic rings. The molecule has 1 unspecified atom stereocenters. The van der Waals surface area contributed by atoms with Crippen LogP contribution in [-0.4, -0.2) is 28.3 Å². The van der Waals surface area contributed by atoms with Gasteiger partial charge in [-0.15, -0.1) is 0 Å². The Morgan fingerprint density at radius 2 is 2.43 bits per heavy atom. The van der Waals surface area contributed by atoms with Crippen molar-refractivity contribution in [3.05, 3.63) is 11.9 Å². The normalized spacial score (nSPS) is 21.2. The van der Waals surface area contributed by atoms with Gasteiger partial charge in [0, 0.05) is 13.2 Å². The molecule has 2 N–H and O–H groups in total. The second kappa shape index (κ2) is 3.09. The van der Waals surface area contributed by atoms with Gasteiger partial charge >= 0.3 is 0 Å². The average molecular weight is 194 g/mol. The van der Waals surface area contributed by atoms with Crippen molar-refractivity contribution in [2.75, 3.05) is 11.4 Å². The van der Waals surface area contributed by atoms with E-state index in [1.165, 1.54) is 0 Å². The number of rotatable bonds is 2. The highest BCUT2D eigenvalue weighted by atomic mass is 16.2. The Bertz CT molecular complexity index is 371.